The van der Waals surface area contributed by atoms with Gasteiger partial charge in [-0.1, -0.05) is 6.08 Å². The Morgan fingerprint density at radius 3 is 2.97 bits per heavy atom. The number of fused-ring (bicyclic) bond motifs is 1. The van der Waals surface area contributed by atoms with Crippen molar-refractivity contribution in [2.45, 2.75) is 39.2 Å². The second-order valence-electron chi connectivity index (χ2n) is 7.33. The van der Waals surface area contributed by atoms with Crippen LogP contribution >= 0.6 is 0 Å². The van der Waals surface area contributed by atoms with Crippen LogP contribution in [0.25, 0.3) is 5.70 Å². The summed E-state index contributed by atoms with van der Waals surface area (Å²) >= 11 is 0. The predicted octanol–water partition coefficient (Wildman–Crippen LogP) is 2.85. The first-order valence-electron chi connectivity index (χ1n) is 9.90. The second kappa shape index (κ2) is 9.37. The van der Waals surface area contributed by atoms with Crippen LogP contribution in [0.2, 0.25) is 0 Å². The molecule has 0 bridgehead atoms. The van der Waals surface area contributed by atoms with Gasteiger partial charge in [0.05, 0.1) is 11.3 Å². The van der Waals surface area contributed by atoms with Gasteiger partial charge < -0.3 is 19.5 Å². The number of nitriles is 1. The lowest BCUT2D eigenvalue weighted by atomic mass is 10.00. The van der Waals surface area contributed by atoms with E-state index in [4.69, 9.17) is 10.00 Å². The van der Waals surface area contributed by atoms with Gasteiger partial charge in [-0.05, 0) is 39.3 Å². The van der Waals surface area contributed by atoms with E-state index in [1.165, 1.54) is 6.20 Å². The minimum atomic E-state index is -0.626. The lowest BCUT2D eigenvalue weighted by molar-refractivity contribution is -0.128. The molecule has 8 nitrogen and oxygen atoms in total. The largest absolute Gasteiger partial charge is 0.360 e. The molecule has 2 aromatic heterocycles. The zero-order chi connectivity index (χ0) is 21.6. The number of amides is 1. The Labute approximate surface area is 176 Å². The van der Waals surface area contributed by atoms with E-state index < -0.39 is 5.60 Å². The zero-order valence-electron chi connectivity index (χ0n) is 17.5. The van der Waals surface area contributed by atoms with E-state index in [0.29, 0.717) is 17.9 Å². The molecule has 1 aliphatic rings. The summed E-state index contributed by atoms with van der Waals surface area (Å²) in [5.74, 6) is 1.46. The molecule has 0 radical (unpaired) electrons. The van der Waals surface area contributed by atoms with E-state index in [2.05, 4.69) is 21.4 Å². The SMILES string of the molecule is CCN(/C=C/NC(=O)COC(C)(C)C1=CCCc2nccn21)c1ccc(C#N)cn1. The van der Waals surface area contributed by atoms with Gasteiger partial charge in [-0.2, -0.15) is 5.26 Å². The quantitative estimate of drug-likeness (QED) is 0.724. The van der Waals surface area contributed by atoms with Gasteiger partial charge in [0.25, 0.3) is 0 Å². The number of hydrogen-bond donors (Lipinski definition) is 1. The summed E-state index contributed by atoms with van der Waals surface area (Å²) in [6.45, 7) is 6.47. The van der Waals surface area contributed by atoms with Crippen LogP contribution in [0, 0.1) is 11.3 Å². The number of nitrogens with one attached hydrogen (secondary N) is 1. The summed E-state index contributed by atoms with van der Waals surface area (Å²) in [4.78, 5) is 22.7. The summed E-state index contributed by atoms with van der Waals surface area (Å²) < 4.78 is 7.96. The van der Waals surface area contributed by atoms with Crippen LogP contribution in [0.1, 0.15) is 38.6 Å². The van der Waals surface area contributed by atoms with Crippen molar-refractivity contribution in [3.63, 3.8) is 0 Å². The third kappa shape index (κ3) is 4.93. The molecule has 1 aliphatic heterocycles. The van der Waals surface area contributed by atoms with Crippen LogP contribution in [-0.2, 0) is 16.0 Å². The molecule has 30 heavy (non-hydrogen) atoms. The first kappa shape index (κ1) is 21.3. The monoisotopic (exact) mass is 406 g/mol. The summed E-state index contributed by atoms with van der Waals surface area (Å²) in [6, 6.07) is 5.52. The Morgan fingerprint density at radius 2 is 2.27 bits per heavy atom. The fraction of sp³-hybridized carbons (Fsp3) is 0.364. The first-order valence-corrected chi connectivity index (χ1v) is 9.90. The number of hydrogen-bond acceptors (Lipinski definition) is 6. The standard InChI is InChI=1S/C22H26N6O2/c1-4-27(19-9-8-17(14-23)15-26-19)12-10-25-21(29)16-30-22(2,3)18-6-5-7-20-24-11-13-28(18)20/h6,8-13,15H,4-5,7,16H2,1-3H3,(H,25,29)/b12-10+. The lowest BCUT2D eigenvalue weighted by Gasteiger charge is -2.31. The van der Waals surface area contributed by atoms with Crippen LogP contribution in [0.4, 0.5) is 5.82 Å². The first-order chi connectivity index (χ1) is 14.4. The Kier molecular flexibility index (Phi) is 6.65. The normalized spacial score (nSPS) is 13.5. The molecular weight excluding hydrogens is 380 g/mol. The average molecular weight is 406 g/mol. The number of anilines is 1. The molecule has 0 unspecified atom stereocenters. The van der Waals surface area contributed by atoms with E-state index in [-0.39, 0.29) is 12.5 Å². The van der Waals surface area contributed by atoms with Crippen molar-refractivity contribution < 1.29 is 9.53 Å². The maximum Gasteiger partial charge on any atom is 0.250 e. The summed E-state index contributed by atoms with van der Waals surface area (Å²) in [5, 5.41) is 11.6. The minimum Gasteiger partial charge on any atom is -0.360 e. The van der Waals surface area contributed by atoms with Crippen LogP contribution < -0.4 is 10.2 Å². The number of imidazole rings is 1. The van der Waals surface area contributed by atoms with Gasteiger partial charge in [0.2, 0.25) is 5.91 Å². The molecule has 3 heterocycles. The number of carbonyl (C=O) groups excluding carboxylic acids is 1. The van der Waals surface area contributed by atoms with Crippen molar-refractivity contribution >= 4 is 17.4 Å². The molecule has 0 aliphatic carbocycles. The van der Waals surface area contributed by atoms with Crippen molar-refractivity contribution in [3.8, 4) is 6.07 Å². The number of rotatable bonds is 8. The van der Waals surface area contributed by atoms with Gasteiger partial charge in [-0.3, -0.25) is 4.79 Å². The Bertz CT molecular complexity index is 982. The maximum atomic E-state index is 12.3. The molecule has 2 aromatic rings. The van der Waals surface area contributed by atoms with E-state index >= 15 is 0 Å². The minimum absolute atomic E-state index is 0.0695. The highest BCUT2D eigenvalue weighted by Gasteiger charge is 2.29. The van der Waals surface area contributed by atoms with Crippen molar-refractivity contribution in [3.05, 3.63) is 60.6 Å². The van der Waals surface area contributed by atoms with Gasteiger partial charge in [-0.15, -0.1) is 0 Å². The van der Waals surface area contributed by atoms with E-state index in [1.54, 1.807) is 30.7 Å². The van der Waals surface area contributed by atoms with Crippen molar-refractivity contribution in [1.82, 2.24) is 19.9 Å². The van der Waals surface area contributed by atoms with E-state index in [1.807, 2.05) is 42.5 Å². The maximum absolute atomic E-state index is 12.3. The zero-order valence-corrected chi connectivity index (χ0v) is 17.5. The smallest absolute Gasteiger partial charge is 0.250 e. The number of carbonyl (C=O) groups is 1. The van der Waals surface area contributed by atoms with Gasteiger partial charge in [-0.25, -0.2) is 9.97 Å². The van der Waals surface area contributed by atoms with E-state index in [0.717, 1.165) is 24.4 Å². The number of allylic oxidation sites excluding steroid dienone is 1. The number of ether oxygens (including phenoxy) is 1. The Morgan fingerprint density at radius 1 is 1.43 bits per heavy atom. The molecule has 0 fully saturated rings. The van der Waals surface area contributed by atoms with Crippen molar-refractivity contribution in [2.24, 2.45) is 0 Å². The highest BCUT2D eigenvalue weighted by Crippen LogP contribution is 2.30. The van der Waals surface area contributed by atoms with Crippen molar-refractivity contribution in [1.29, 1.82) is 5.26 Å². The summed E-state index contributed by atoms with van der Waals surface area (Å²) in [6.07, 6.45) is 12.5. The van der Waals surface area contributed by atoms with Gasteiger partial charge in [0, 0.05) is 44.0 Å². The van der Waals surface area contributed by atoms with Crippen LogP contribution in [-0.4, -0.2) is 39.2 Å². The lowest BCUT2D eigenvalue weighted by Crippen LogP contribution is -2.35. The molecule has 1 N–H and O–H groups in total. The third-order valence-corrected chi connectivity index (χ3v) is 4.87. The van der Waals surface area contributed by atoms with Gasteiger partial charge >= 0.3 is 0 Å². The van der Waals surface area contributed by atoms with Gasteiger partial charge in [0.1, 0.15) is 29.9 Å². The molecule has 156 valence electrons. The van der Waals surface area contributed by atoms with Crippen LogP contribution in [0.5, 0.6) is 0 Å². The Hall–Kier alpha value is -3.44. The van der Waals surface area contributed by atoms with Gasteiger partial charge in [0.15, 0.2) is 0 Å². The fourth-order valence-corrected chi connectivity index (χ4v) is 3.26. The number of pyridine rings is 1. The number of aromatic nitrogens is 3. The number of aryl methyl sites for hydroxylation is 1. The molecular formula is C22H26N6O2. The van der Waals surface area contributed by atoms with Crippen molar-refractivity contribution in [2.75, 3.05) is 18.1 Å². The molecule has 0 saturated carbocycles. The van der Waals surface area contributed by atoms with Crippen LogP contribution in [0.15, 0.2) is 49.2 Å². The second-order valence-corrected chi connectivity index (χ2v) is 7.33. The topological polar surface area (TPSA) is 96.1 Å². The fourth-order valence-electron chi connectivity index (χ4n) is 3.26. The van der Waals surface area contributed by atoms with E-state index in [9.17, 15) is 4.79 Å². The Balaban J connectivity index is 1.54. The highest BCUT2D eigenvalue weighted by molar-refractivity contribution is 5.78. The molecule has 0 atom stereocenters. The average Bonchev–Trinajstić information content (AvgIpc) is 3.24. The molecule has 3 rings (SSSR count). The number of nitrogens with zero attached hydrogens (tertiary/aromatic N) is 5. The third-order valence-electron chi connectivity index (χ3n) is 4.87. The molecule has 8 heteroatoms. The highest BCUT2D eigenvalue weighted by atomic mass is 16.5. The molecule has 0 saturated heterocycles. The summed E-state index contributed by atoms with van der Waals surface area (Å²) in [7, 11) is 0. The molecule has 1 amide bonds. The molecule has 0 aromatic carbocycles. The predicted molar refractivity (Wildman–Crippen MR) is 114 cm³/mol. The summed E-state index contributed by atoms with van der Waals surface area (Å²) in [5.41, 5.74) is 0.870. The molecule has 0 spiro atoms. The van der Waals surface area contributed by atoms with Crippen LogP contribution in [0.3, 0.4) is 0 Å².